The predicted molar refractivity (Wildman–Crippen MR) is 138 cm³/mol. The molecule has 0 N–H and O–H groups in total. The summed E-state index contributed by atoms with van der Waals surface area (Å²) in [5.74, 6) is -2.55. The Bertz CT molecular complexity index is 1450. The molecule has 3 heterocycles. The van der Waals surface area contributed by atoms with Crippen molar-refractivity contribution in [2.75, 3.05) is 18.3 Å². The number of halogens is 1. The number of ether oxygens (including phenoxy) is 3. The molecule has 1 aromatic heterocycles. The summed E-state index contributed by atoms with van der Waals surface area (Å²) in [4.78, 5) is 43.6. The SMILES string of the molecule is CCOC(=O)[C@H]1C(=O)C2=C(C[C@@H]1c1cccs1)N(c1ccc(F)cc1)C(=O)C[C@H]2c1ccc2c(c1)OCO2. The Morgan fingerprint density at radius 3 is 2.61 bits per heavy atom. The minimum absolute atomic E-state index is 0.000801. The van der Waals surface area contributed by atoms with Gasteiger partial charge in [-0.25, -0.2) is 4.39 Å². The minimum atomic E-state index is -1.04. The smallest absolute Gasteiger partial charge is 0.317 e. The van der Waals surface area contributed by atoms with Crippen molar-refractivity contribution in [1.29, 1.82) is 0 Å². The first-order valence-corrected chi connectivity index (χ1v) is 13.3. The second-order valence-corrected chi connectivity index (χ2v) is 10.3. The summed E-state index contributed by atoms with van der Waals surface area (Å²) >= 11 is 1.45. The van der Waals surface area contributed by atoms with E-state index in [2.05, 4.69) is 0 Å². The highest BCUT2D eigenvalue weighted by molar-refractivity contribution is 7.10. The van der Waals surface area contributed by atoms with E-state index in [0.717, 1.165) is 10.4 Å². The summed E-state index contributed by atoms with van der Waals surface area (Å²) in [6.45, 7) is 1.96. The molecule has 0 fully saturated rings. The van der Waals surface area contributed by atoms with Crippen LogP contribution in [0.15, 0.2) is 71.2 Å². The second-order valence-electron chi connectivity index (χ2n) is 9.36. The van der Waals surface area contributed by atoms with Crippen LogP contribution in [0.25, 0.3) is 0 Å². The summed E-state index contributed by atoms with van der Waals surface area (Å²) in [6, 6.07) is 14.8. The van der Waals surface area contributed by atoms with Crippen molar-refractivity contribution in [2.45, 2.75) is 31.6 Å². The molecule has 0 unspecified atom stereocenters. The first-order chi connectivity index (χ1) is 18.5. The maximum absolute atomic E-state index is 14.3. The largest absolute Gasteiger partial charge is 0.465 e. The maximum Gasteiger partial charge on any atom is 0.317 e. The summed E-state index contributed by atoms with van der Waals surface area (Å²) < 4.78 is 30.1. The van der Waals surface area contributed by atoms with Gasteiger partial charge in [0.15, 0.2) is 17.3 Å². The Labute approximate surface area is 222 Å². The molecule has 7 nitrogen and oxygen atoms in total. The third kappa shape index (κ3) is 4.07. The maximum atomic E-state index is 14.3. The molecule has 0 spiro atoms. The van der Waals surface area contributed by atoms with Crippen LogP contribution in [0.3, 0.4) is 0 Å². The standard InChI is InChI=1S/C29H24FNO6S/c1-2-35-29(34)27-20(24-4-3-11-38-24)13-21-26(28(27)33)19(16-5-10-22-23(12-16)37-15-36-22)14-25(32)31(21)18-8-6-17(30)7-9-18/h3-12,19-20,27H,2,13-15H2,1H3/t19-,20+,27+/m0/s1. The quantitative estimate of drug-likeness (QED) is 0.326. The number of rotatable bonds is 5. The molecule has 0 radical (unpaired) electrons. The van der Waals surface area contributed by atoms with Crippen LogP contribution < -0.4 is 14.4 Å². The Kier molecular flexibility index (Phi) is 6.23. The van der Waals surface area contributed by atoms with Gasteiger partial charge in [0.05, 0.1) is 6.61 Å². The van der Waals surface area contributed by atoms with E-state index in [1.807, 2.05) is 23.6 Å². The van der Waals surface area contributed by atoms with E-state index >= 15 is 0 Å². The lowest BCUT2D eigenvalue weighted by atomic mass is 9.69. The molecule has 3 aromatic rings. The molecule has 38 heavy (non-hydrogen) atoms. The monoisotopic (exact) mass is 533 g/mol. The molecule has 1 amide bonds. The number of nitrogens with zero attached hydrogens (tertiary/aromatic N) is 1. The molecule has 0 saturated carbocycles. The van der Waals surface area contributed by atoms with Crippen LogP contribution in [0.1, 0.15) is 42.0 Å². The number of carbonyl (C=O) groups excluding carboxylic acids is 3. The van der Waals surface area contributed by atoms with Crippen LogP contribution in [-0.2, 0) is 19.1 Å². The molecular formula is C29H24FNO6S. The average molecular weight is 534 g/mol. The van der Waals surface area contributed by atoms with Gasteiger partial charge in [-0.3, -0.25) is 19.3 Å². The fourth-order valence-electron chi connectivity index (χ4n) is 5.61. The molecule has 1 aliphatic carbocycles. The van der Waals surface area contributed by atoms with Gasteiger partial charge in [0, 0.05) is 40.1 Å². The van der Waals surface area contributed by atoms with E-state index in [1.165, 1.54) is 40.5 Å². The highest BCUT2D eigenvalue weighted by Gasteiger charge is 2.50. The summed E-state index contributed by atoms with van der Waals surface area (Å²) in [6.07, 6.45) is 0.274. The Morgan fingerprint density at radius 2 is 1.87 bits per heavy atom. The zero-order valence-electron chi connectivity index (χ0n) is 20.5. The Balaban J connectivity index is 1.54. The lowest BCUT2D eigenvalue weighted by Gasteiger charge is -2.42. The average Bonchev–Trinajstić information content (AvgIpc) is 3.61. The van der Waals surface area contributed by atoms with Crippen molar-refractivity contribution >= 4 is 34.7 Å². The summed E-state index contributed by atoms with van der Waals surface area (Å²) in [7, 11) is 0. The lowest BCUT2D eigenvalue weighted by molar-refractivity contribution is -0.152. The van der Waals surface area contributed by atoms with E-state index in [1.54, 1.807) is 19.1 Å². The van der Waals surface area contributed by atoms with Crippen molar-refractivity contribution in [3.63, 3.8) is 0 Å². The Hall–Kier alpha value is -3.98. The molecule has 2 aromatic carbocycles. The van der Waals surface area contributed by atoms with Crippen LogP contribution in [0, 0.1) is 11.7 Å². The third-order valence-corrected chi connectivity index (χ3v) is 8.26. The zero-order valence-corrected chi connectivity index (χ0v) is 21.3. The molecule has 3 atom stereocenters. The minimum Gasteiger partial charge on any atom is -0.465 e. The van der Waals surface area contributed by atoms with Crippen LogP contribution in [0.2, 0.25) is 0 Å². The van der Waals surface area contributed by atoms with Crippen LogP contribution in [-0.4, -0.2) is 31.1 Å². The molecule has 2 aliphatic heterocycles. The highest BCUT2D eigenvalue weighted by atomic mass is 32.1. The van der Waals surface area contributed by atoms with Crippen molar-refractivity contribution in [2.24, 2.45) is 5.92 Å². The van der Waals surface area contributed by atoms with E-state index in [4.69, 9.17) is 14.2 Å². The molecule has 9 heteroatoms. The van der Waals surface area contributed by atoms with Gasteiger partial charge in [-0.05, 0) is 66.8 Å². The predicted octanol–water partition coefficient (Wildman–Crippen LogP) is 5.33. The third-order valence-electron chi connectivity index (χ3n) is 7.25. The number of ketones is 1. The first-order valence-electron chi connectivity index (χ1n) is 12.4. The zero-order chi connectivity index (χ0) is 26.4. The van der Waals surface area contributed by atoms with Gasteiger partial charge in [0.25, 0.3) is 0 Å². The first kappa shape index (κ1) is 24.4. The van der Waals surface area contributed by atoms with Crippen molar-refractivity contribution in [1.82, 2.24) is 0 Å². The fourth-order valence-corrected chi connectivity index (χ4v) is 6.47. The fraction of sp³-hybridized carbons (Fsp3) is 0.276. The number of allylic oxidation sites excluding steroid dienone is 2. The number of Topliss-reactive ketones (excluding diaryl/α,β-unsaturated/α-hetero) is 1. The Morgan fingerprint density at radius 1 is 1.08 bits per heavy atom. The lowest BCUT2D eigenvalue weighted by Crippen LogP contribution is -2.46. The number of anilines is 1. The van der Waals surface area contributed by atoms with Crippen molar-refractivity contribution in [3.8, 4) is 11.5 Å². The molecule has 6 rings (SSSR count). The van der Waals surface area contributed by atoms with Crippen LogP contribution in [0.4, 0.5) is 10.1 Å². The van der Waals surface area contributed by atoms with Gasteiger partial charge in [-0.2, -0.15) is 0 Å². The number of hydrogen-bond acceptors (Lipinski definition) is 7. The normalized spacial score (nSPS) is 22.5. The van der Waals surface area contributed by atoms with Crippen LogP contribution in [0.5, 0.6) is 11.5 Å². The van der Waals surface area contributed by atoms with Gasteiger partial charge >= 0.3 is 5.97 Å². The molecule has 194 valence electrons. The van der Waals surface area contributed by atoms with E-state index in [-0.39, 0.29) is 37.9 Å². The molecule has 0 saturated heterocycles. The van der Waals surface area contributed by atoms with E-state index < -0.39 is 29.5 Å². The number of fused-ring (bicyclic) bond motifs is 1. The summed E-state index contributed by atoms with van der Waals surface area (Å²) in [5, 5.41) is 1.89. The molecule has 0 bridgehead atoms. The number of thiophene rings is 1. The number of carbonyl (C=O) groups is 3. The molecular weight excluding hydrogens is 509 g/mol. The highest BCUT2D eigenvalue weighted by Crippen LogP contribution is 2.50. The van der Waals surface area contributed by atoms with Gasteiger partial charge in [-0.15, -0.1) is 11.3 Å². The van der Waals surface area contributed by atoms with E-state index in [0.29, 0.717) is 28.5 Å². The number of esters is 1. The molecule has 3 aliphatic rings. The van der Waals surface area contributed by atoms with Gasteiger partial charge < -0.3 is 14.2 Å². The summed E-state index contributed by atoms with van der Waals surface area (Å²) in [5.41, 5.74) is 2.12. The van der Waals surface area contributed by atoms with Crippen LogP contribution >= 0.6 is 11.3 Å². The van der Waals surface area contributed by atoms with E-state index in [9.17, 15) is 18.8 Å². The number of benzene rings is 2. The van der Waals surface area contributed by atoms with Crippen molar-refractivity contribution in [3.05, 3.63) is 87.5 Å². The second kappa shape index (κ2) is 9.72. The number of amides is 1. The van der Waals surface area contributed by atoms with Crippen molar-refractivity contribution < 1.29 is 33.0 Å². The number of hydrogen-bond donors (Lipinski definition) is 0. The van der Waals surface area contributed by atoms with Gasteiger partial charge in [-0.1, -0.05) is 12.1 Å². The van der Waals surface area contributed by atoms with Gasteiger partial charge in [0.1, 0.15) is 11.7 Å². The van der Waals surface area contributed by atoms with Gasteiger partial charge in [0.2, 0.25) is 12.7 Å². The topological polar surface area (TPSA) is 82.1 Å².